The van der Waals surface area contributed by atoms with Gasteiger partial charge in [0, 0.05) is 30.7 Å². The maximum absolute atomic E-state index is 4.66. The zero-order valence-electron chi connectivity index (χ0n) is 12.8. The van der Waals surface area contributed by atoms with Crippen LogP contribution in [0, 0.1) is 6.92 Å². The third kappa shape index (κ3) is 2.40. The molecule has 0 N–H and O–H groups in total. The molecule has 0 saturated heterocycles. The third-order valence-electron chi connectivity index (χ3n) is 3.56. The summed E-state index contributed by atoms with van der Waals surface area (Å²) in [6.45, 7) is 5.01. The molecule has 4 aromatic heterocycles. The van der Waals surface area contributed by atoms with E-state index in [0.717, 1.165) is 45.6 Å². The summed E-state index contributed by atoms with van der Waals surface area (Å²) >= 11 is 1.51. The van der Waals surface area contributed by atoms with E-state index in [1.54, 1.807) is 16.9 Å². The van der Waals surface area contributed by atoms with Gasteiger partial charge in [-0.3, -0.25) is 9.67 Å². The highest BCUT2D eigenvalue weighted by Gasteiger charge is 2.18. The maximum atomic E-state index is 4.66. The van der Waals surface area contributed by atoms with Crippen LogP contribution in [0.4, 0.5) is 0 Å². The van der Waals surface area contributed by atoms with E-state index in [1.165, 1.54) is 11.3 Å². The van der Waals surface area contributed by atoms with Crippen LogP contribution in [-0.4, -0.2) is 34.6 Å². The average Bonchev–Trinajstić information content (AvgIpc) is 3.23. The molecule has 4 rings (SSSR count). The molecule has 0 fully saturated rings. The number of rotatable bonds is 4. The van der Waals surface area contributed by atoms with Crippen molar-refractivity contribution in [1.82, 2.24) is 34.6 Å². The Bertz CT molecular complexity index is 951. The predicted molar refractivity (Wildman–Crippen MR) is 88.1 cm³/mol. The lowest BCUT2D eigenvalue weighted by atomic mass is 10.2. The molecule has 23 heavy (non-hydrogen) atoms. The summed E-state index contributed by atoms with van der Waals surface area (Å²) < 4.78 is 3.74. The Morgan fingerprint density at radius 3 is 2.74 bits per heavy atom. The molecule has 0 bridgehead atoms. The van der Waals surface area contributed by atoms with E-state index in [2.05, 4.69) is 32.3 Å². The summed E-state index contributed by atoms with van der Waals surface area (Å²) in [5.74, 6) is 0.733. The van der Waals surface area contributed by atoms with Crippen LogP contribution in [0.25, 0.3) is 26.9 Å². The minimum absolute atomic E-state index is 0.733. The minimum Gasteiger partial charge on any atom is -0.272 e. The molecular formula is C15H15N7S. The predicted octanol–water partition coefficient (Wildman–Crippen LogP) is 2.83. The second kappa shape index (κ2) is 5.54. The lowest BCUT2D eigenvalue weighted by Gasteiger charge is -1.95. The topological polar surface area (TPSA) is 73.8 Å². The molecule has 0 aliphatic carbocycles. The lowest BCUT2D eigenvalue weighted by Crippen LogP contribution is -1.96. The molecule has 0 saturated carbocycles. The quantitative estimate of drug-likeness (QED) is 0.577. The highest BCUT2D eigenvalue weighted by molar-refractivity contribution is 7.19. The number of hydrogen-bond donors (Lipinski definition) is 0. The van der Waals surface area contributed by atoms with Crippen molar-refractivity contribution >= 4 is 16.3 Å². The maximum Gasteiger partial charge on any atom is 0.235 e. The molecule has 7 nitrogen and oxygen atoms in total. The van der Waals surface area contributed by atoms with E-state index in [1.807, 2.05) is 29.9 Å². The fourth-order valence-corrected chi connectivity index (χ4v) is 3.32. The van der Waals surface area contributed by atoms with Crippen LogP contribution < -0.4 is 0 Å². The Kier molecular flexibility index (Phi) is 3.38. The first kappa shape index (κ1) is 14.0. The smallest absolute Gasteiger partial charge is 0.235 e. The highest BCUT2D eigenvalue weighted by atomic mass is 32.1. The van der Waals surface area contributed by atoms with Crippen LogP contribution in [0.3, 0.4) is 0 Å². The first-order valence-electron chi connectivity index (χ1n) is 7.43. The van der Waals surface area contributed by atoms with Gasteiger partial charge in [-0.2, -0.15) is 14.7 Å². The summed E-state index contributed by atoms with van der Waals surface area (Å²) in [7, 11) is 0. The van der Waals surface area contributed by atoms with E-state index in [9.17, 15) is 0 Å². The number of fused-ring (bicyclic) bond motifs is 1. The molecule has 0 atom stereocenters. The van der Waals surface area contributed by atoms with Gasteiger partial charge in [0.05, 0.1) is 11.3 Å². The number of hydrogen-bond acceptors (Lipinski definition) is 6. The van der Waals surface area contributed by atoms with Gasteiger partial charge in [-0.1, -0.05) is 18.3 Å². The van der Waals surface area contributed by atoms with E-state index in [4.69, 9.17) is 0 Å². The van der Waals surface area contributed by atoms with Gasteiger partial charge in [0.25, 0.3) is 0 Å². The third-order valence-corrected chi connectivity index (χ3v) is 4.51. The van der Waals surface area contributed by atoms with Crippen LogP contribution in [0.1, 0.15) is 19.0 Å². The number of aromatic nitrogens is 7. The summed E-state index contributed by atoms with van der Waals surface area (Å²) in [6.07, 6.45) is 6.58. The zero-order chi connectivity index (χ0) is 15.8. The fraction of sp³-hybridized carbons (Fsp3) is 0.267. The number of pyridine rings is 1. The molecule has 0 radical (unpaired) electrons. The molecule has 4 heterocycles. The van der Waals surface area contributed by atoms with Gasteiger partial charge in [-0.05, 0) is 25.5 Å². The van der Waals surface area contributed by atoms with Gasteiger partial charge in [0.1, 0.15) is 5.01 Å². The van der Waals surface area contributed by atoms with Crippen LogP contribution in [0.5, 0.6) is 0 Å². The Balaban J connectivity index is 1.81. The Morgan fingerprint density at radius 1 is 1.13 bits per heavy atom. The molecular weight excluding hydrogens is 310 g/mol. The van der Waals surface area contributed by atoms with Gasteiger partial charge in [0.15, 0.2) is 5.82 Å². The van der Waals surface area contributed by atoms with Gasteiger partial charge in [-0.25, -0.2) is 0 Å². The molecule has 0 amide bonds. The highest BCUT2D eigenvalue weighted by Crippen LogP contribution is 2.28. The minimum atomic E-state index is 0.733. The second-order valence-electron chi connectivity index (χ2n) is 5.25. The summed E-state index contributed by atoms with van der Waals surface area (Å²) in [5.41, 5.74) is 2.93. The van der Waals surface area contributed by atoms with Crippen molar-refractivity contribution in [1.29, 1.82) is 0 Å². The van der Waals surface area contributed by atoms with Crippen molar-refractivity contribution < 1.29 is 0 Å². The second-order valence-corrected chi connectivity index (χ2v) is 6.21. The van der Waals surface area contributed by atoms with Crippen LogP contribution >= 0.6 is 11.3 Å². The Morgan fingerprint density at radius 2 is 1.96 bits per heavy atom. The van der Waals surface area contributed by atoms with Crippen molar-refractivity contribution in [2.24, 2.45) is 0 Å². The summed E-state index contributed by atoms with van der Waals surface area (Å²) in [6, 6.07) is 3.88. The van der Waals surface area contributed by atoms with Gasteiger partial charge < -0.3 is 0 Å². The van der Waals surface area contributed by atoms with Crippen LogP contribution in [0.15, 0.2) is 30.7 Å². The average molecular weight is 325 g/mol. The normalized spacial score (nSPS) is 11.4. The largest absolute Gasteiger partial charge is 0.272 e. The van der Waals surface area contributed by atoms with Gasteiger partial charge >= 0.3 is 0 Å². The van der Waals surface area contributed by atoms with Crippen LogP contribution in [0.2, 0.25) is 0 Å². The Labute approximate surface area is 136 Å². The Hall–Kier alpha value is -2.61. The SMILES string of the molecule is CCCn1cc(-c2nnc3sc(-c4ccncc4)nn23)c(C)n1. The number of nitrogens with zero attached hydrogens (tertiary/aromatic N) is 7. The lowest BCUT2D eigenvalue weighted by molar-refractivity contribution is 0.598. The van der Waals surface area contributed by atoms with Crippen molar-refractivity contribution in [3.05, 3.63) is 36.4 Å². The van der Waals surface area contributed by atoms with Crippen molar-refractivity contribution in [3.8, 4) is 22.0 Å². The summed E-state index contributed by atoms with van der Waals surface area (Å²) in [5, 5.41) is 18.6. The van der Waals surface area contributed by atoms with E-state index in [0.29, 0.717) is 0 Å². The van der Waals surface area contributed by atoms with E-state index < -0.39 is 0 Å². The van der Waals surface area contributed by atoms with Gasteiger partial charge in [-0.15, -0.1) is 10.2 Å². The molecule has 0 aliphatic heterocycles. The van der Waals surface area contributed by atoms with Crippen molar-refractivity contribution in [2.45, 2.75) is 26.8 Å². The molecule has 0 unspecified atom stereocenters. The zero-order valence-corrected chi connectivity index (χ0v) is 13.7. The first-order valence-corrected chi connectivity index (χ1v) is 8.25. The standard InChI is InChI=1S/C15H15N7S/c1-3-8-21-9-12(10(2)19-21)13-17-18-15-22(13)20-14(23-15)11-4-6-16-7-5-11/h4-7,9H,3,8H2,1-2H3. The molecule has 116 valence electrons. The molecule has 8 heteroatoms. The van der Waals surface area contributed by atoms with Crippen LogP contribution in [-0.2, 0) is 6.54 Å². The summed E-state index contributed by atoms with van der Waals surface area (Å²) in [4.78, 5) is 4.81. The first-order chi connectivity index (χ1) is 11.3. The molecule has 0 aliphatic rings. The number of aryl methyl sites for hydroxylation is 2. The van der Waals surface area contributed by atoms with Crippen molar-refractivity contribution in [3.63, 3.8) is 0 Å². The van der Waals surface area contributed by atoms with E-state index in [-0.39, 0.29) is 0 Å². The van der Waals surface area contributed by atoms with Crippen molar-refractivity contribution in [2.75, 3.05) is 0 Å². The molecule has 0 aromatic carbocycles. The van der Waals surface area contributed by atoms with E-state index >= 15 is 0 Å². The molecule has 0 spiro atoms. The molecule has 4 aromatic rings. The monoisotopic (exact) mass is 325 g/mol. The fourth-order valence-electron chi connectivity index (χ4n) is 2.48. The van der Waals surface area contributed by atoms with Gasteiger partial charge in [0.2, 0.25) is 4.96 Å².